The molecule has 1 aliphatic carbocycles. The second kappa shape index (κ2) is 15.1. The van der Waals surface area contributed by atoms with Gasteiger partial charge in [0.1, 0.15) is 0 Å². The Morgan fingerprint density at radius 2 is 0.944 bits per heavy atom. The van der Waals surface area contributed by atoms with Gasteiger partial charge in [-0.25, -0.2) is 0 Å². The third-order valence-electron chi connectivity index (χ3n) is 7.26. The largest absolute Gasteiger partial charge is 0.480 e. The fourth-order valence-electron chi connectivity index (χ4n) is 5.55. The lowest BCUT2D eigenvalue weighted by atomic mass is 9.75. The van der Waals surface area contributed by atoms with E-state index in [9.17, 15) is 39.6 Å². The van der Waals surface area contributed by atoms with E-state index in [0.717, 1.165) is 25.7 Å². The second-order valence-corrected chi connectivity index (χ2v) is 10.4. The van der Waals surface area contributed by atoms with E-state index in [-0.39, 0.29) is 32.1 Å². The molecule has 0 aromatic rings. The molecule has 2 rings (SSSR count). The number of hydrogen-bond donors (Lipinski definition) is 4. The van der Waals surface area contributed by atoms with Crippen LogP contribution in [0.2, 0.25) is 0 Å². The summed E-state index contributed by atoms with van der Waals surface area (Å²) >= 11 is 0. The minimum atomic E-state index is -1.00. The van der Waals surface area contributed by atoms with Crippen LogP contribution in [0.25, 0.3) is 0 Å². The summed E-state index contributed by atoms with van der Waals surface area (Å²) in [5.74, 6) is -3.01. The van der Waals surface area contributed by atoms with Crippen LogP contribution in [0.3, 0.4) is 0 Å². The minimum Gasteiger partial charge on any atom is -0.480 e. The Hall–Kier alpha value is -2.28. The van der Waals surface area contributed by atoms with Crippen LogP contribution in [-0.2, 0) is 19.2 Å². The summed E-state index contributed by atoms with van der Waals surface area (Å²) < 4.78 is 0. The van der Waals surface area contributed by atoms with Crippen molar-refractivity contribution in [2.45, 2.75) is 32.6 Å². The molecule has 1 aliphatic heterocycles. The summed E-state index contributed by atoms with van der Waals surface area (Å²) in [6, 6.07) is 0. The van der Waals surface area contributed by atoms with Gasteiger partial charge in [0.05, 0.1) is 26.2 Å². The average molecular weight is 515 g/mol. The van der Waals surface area contributed by atoms with Crippen molar-refractivity contribution in [1.29, 1.82) is 0 Å². The average Bonchev–Trinajstić information content (AvgIpc) is 2.77. The first-order valence-corrected chi connectivity index (χ1v) is 12.8. The van der Waals surface area contributed by atoms with E-state index >= 15 is 0 Å². The molecular formula is C24H42N4O8. The lowest BCUT2D eigenvalue weighted by Gasteiger charge is -2.38. The normalized spacial score (nSPS) is 25.4. The van der Waals surface area contributed by atoms with Gasteiger partial charge in [0, 0.05) is 52.4 Å². The van der Waals surface area contributed by atoms with Gasteiger partial charge >= 0.3 is 23.9 Å². The predicted octanol–water partition coefficient (Wildman–Crippen LogP) is -0.0111. The highest BCUT2D eigenvalue weighted by Gasteiger charge is 2.31. The molecule has 0 bridgehead atoms. The maximum absolute atomic E-state index is 11.6. The Morgan fingerprint density at radius 3 is 1.31 bits per heavy atom. The third kappa shape index (κ3) is 11.6. The monoisotopic (exact) mass is 514 g/mol. The van der Waals surface area contributed by atoms with Gasteiger partial charge in [0.15, 0.2) is 0 Å². The Labute approximate surface area is 212 Å². The van der Waals surface area contributed by atoms with Gasteiger partial charge < -0.3 is 20.4 Å². The Balaban J connectivity index is 2.34. The molecule has 2 aliphatic rings. The van der Waals surface area contributed by atoms with Crippen LogP contribution in [-0.4, -0.2) is 142 Å². The third-order valence-corrected chi connectivity index (χ3v) is 7.26. The zero-order valence-electron chi connectivity index (χ0n) is 21.3. The van der Waals surface area contributed by atoms with Crippen LogP contribution in [0.4, 0.5) is 0 Å². The molecule has 0 unspecified atom stereocenters. The van der Waals surface area contributed by atoms with Gasteiger partial charge in [-0.3, -0.25) is 38.8 Å². The zero-order chi connectivity index (χ0) is 26.7. The Bertz CT molecular complexity index is 702. The highest BCUT2D eigenvalue weighted by molar-refractivity contribution is 5.70. The van der Waals surface area contributed by atoms with E-state index < -0.39 is 23.9 Å². The molecule has 0 aromatic carbocycles. The molecule has 12 nitrogen and oxygen atoms in total. The molecule has 0 spiro atoms. The molecule has 0 radical (unpaired) electrons. The first kappa shape index (κ1) is 29.9. The molecule has 0 aromatic heterocycles. The molecule has 206 valence electrons. The molecule has 0 amide bonds. The highest BCUT2D eigenvalue weighted by Crippen LogP contribution is 2.34. The summed E-state index contributed by atoms with van der Waals surface area (Å²) in [7, 11) is 0. The van der Waals surface area contributed by atoms with Crippen LogP contribution < -0.4 is 0 Å². The smallest absolute Gasteiger partial charge is 0.317 e. The number of carboxylic acids is 4. The fraction of sp³-hybridized carbons (Fsp3) is 0.833. The first-order chi connectivity index (χ1) is 17.0. The van der Waals surface area contributed by atoms with E-state index in [1.54, 1.807) is 9.80 Å². The molecule has 2 fully saturated rings. The number of rotatable bonds is 9. The number of hydrogen-bond acceptors (Lipinski definition) is 8. The minimum absolute atomic E-state index is 0.0491. The molecule has 1 saturated heterocycles. The van der Waals surface area contributed by atoms with Crippen LogP contribution >= 0.6 is 0 Å². The highest BCUT2D eigenvalue weighted by atomic mass is 16.4. The van der Waals surface area contributed by atoms with E-state index in [0.29, 0.717) is 64.2 Å². The Morgan fingerprint density at radius 1 is 0.583 bits per heavy atom. The van der Waals surface area contributed by atoms with Crippen molar-refractivity contribution in [2.24, 2.45) is 17.8 Å². The van der Waals surface area contributed by atoms with Gasteiger partial charge in [0.2, 0.25) is 0 Å². The van der Waals surface area contributed by atoms with Crippen LogP contribution in [0.5, 0.6) is 0 Å². The quantitative estimate of drug-likeness (QED) is 0.326. The molecule has 1 heterocycles. The summed E-state index contributed by atoms with van der Waals surface area (Å²) in [6.45, 7) is 4.39. The van der Waals surface area contributed by atoms with Gasteiger partial charge in [-0.05, 0) is 24.2 Å². The van der Waals surface area contributed by atoms with E-state index in [1.807, 2.05) is 9.80 Å². The van der Waals surface area contributed by atoms with Crippen molar-refractivity contribution in [2.75, 3.05) is 78.5 Å². The van der Waals surface area contributed by atoms with E-state index in [1.165, 1.54) is 0 Å². The standard InChI is InChI=1S/C24H42N4O8/c1-18-3-2-4-19(11-18)20-12-27(16-23(33)34)9-7-25(14-21(29)30)5-6-26(15-22(31)32)8-10-28(13-20)17-24(35)36/h18-20H,2-17H2,1H3,(H,29,30)(H,31,32)(H,33,34)(H,35,36)/t18-,19-/m1/s1. The van der Waals surface area contributed by atoms with Crippen molar-refractivity contribution in [3.8, 4) is 0 Å². The van der Waals surface area contributed by atoms with Crippen molar-refractivity contribution in [3.63, 3.8) is 0 Å². The maximum Gasteiger partial charge on any atom is 0.317 e. The summed E-state index contributed by atoms with van der Waals surface area (Å²) in [6.07, 6.45) is 4.24. The Kier molecular flexibility index (Phi) is 12.5. The lowest BCUT2D eigenvalue weighted by Crippen LogP contribution is -2.46. The van der Waals surface area contributed by atoms with Crippen molar-refractivity contribution in [1.82, 2.24) is 19.6 Å². The number of aliphatic carboxylic acids is 4. The summed E-state index contributed by atoms with van der Waals surface area (Å²) in [5.41, 5.74) is 0. The van der Waals surface area contributed by atoms with Crippen molar-refractivity contribution < 1.29 is 39.6 Å². The van der Waals surface area contributed by atoms with Gasteiger partial charge in [-0.1, -0.05) is 26.2 Å². The number of carboxylic acid groups (broad SMARTS) is 4. The molecule has 2 atom stereocenters. The van der Waals surface area contributed by atoms with Crippen molar-refractivity contribution >= 4 is 23.9 Å². The molecule has 12 heteroatoms. The van der Waals surface area contributed by atoms with Crippen LogP contribution in [0.1, 0.15) is 32.6 Å². The molecule has 4 N–H and O–H groups in total. The fourth-order valence-corrected chi connectivity index (χ4v) is 5.55. The number of nitrogens with zero attached hydrogens (tertiary/aromatic N) is 4. The molecular weight excluding hydrogens is 472 g/mol. The van der Waals surface area contributed by atoms with Crippen LogP contribution in [0, 0.1) is 17.8 Å². The first-order valence-electron chi connectivity index (χ1n) is 12.8. The molecule has 36 heavy (non-hydrogen) atoms. The number of carbonyl (C=O) groups is 4. The second-order valence-electron chi connectivity index (χ2n) is 10.4. The van der Waals surface area contributed by atoms with Crippen molar-refractivity contribution in [3.05, 3.63) is 0 Å². The van der Waals surface area contributed by atoms with E-state index in [4.69, 9.17) is 0 Å². The summed E-state index contributed by atoms with van der Waals surface area (Å²) in [5, 5.41) is 37.8. The summed E-state index contributed by atoms with van der Waals surface area (Å²) in [4.78, 5) is 53.2. The zero-order valence-corrected chi connectivity index (χ0v) is 21.3. The molecule has 1 saturated carbocycles. The van der Waals surface area contributed by atoms with Gasteiger partial charge in [-0.15, -0.1) is 0 Å². The van der Waals surface area contributed by atoms with Gasteiger partial charge in [-0.2, -0.15) is 0 Å². The topological polar surface area (TPSA) is 162 Å². The van der Waals surface area contributed by atoms with E-state index in [2.05, 4.69) is 6.92 Å². The SMILES string of the molecule is C[C@@H]1CCC[C@@H](C2CN(CC(=O)O)CCN(CC(=O)O)CCN(CC(=O)O)CCN(CC(=O)O)C2)C1. The lowest BCUT2D eigenvalue weighted by molar-refractivity contribution is -0.140. The maximum atomic E-state index is 11.6. The predicted molar refractivity (Wildman–Crippen MR) is 131 cm³/mol. The van der Waals surface area contributed by atoms with Gasteiger partial charge in [0.25, 0.3) is 0 Å². The van der Waals surface area contributed by atoms with Crippen LogP contribution in [0.15, 0.2) is 0 Å².